The number of carbonyl (C=O) groups is 1. The zero-order valence-corrected chi connectivity index (χ0v) is 19.3. The second kappa shape index (κ2) is 10.5. The number of nitrogens with one attached hydrogen (secondary N) is 1. The number of hydrogen-bond donors (Lipinski definition) is 1. The van der Waals surface area contributed by atoms with Crippen LogP contribution in [-0.2, 0) is 17.8 Å². The Morgan fingerprint density at radius 2 is 2.00 bits per heavy atom. The van der Waals surface area contributed by atoms with Crippen LogP contribution in [0, 0.1) is 5.92 Å². The van der Waals surface area contributed by atoms with E-state index in [0.717, 1.165) is 42.6 Å². The lowest BCUT2D eigenvalue weighted by atomic mass is 9.96. The number of rotatable bonds is 8. The number of piperidine rings is 1. The first-order chi connectivity index (χ1) is 16.1. The van der Waals surface area contributed by atoms with Gasteiger partial charge in [0.05, 0.1) is 26.7 Å². The van der Waals surface area contributed by atoms with E-state index < -0.39 is 0 Å². The van der Waals surface area contributed by atoms with E-state index in [2.05, 4.69) is 27.3 Å². The normalized spacial score (nSPS) is 16.4. The van der Waals surface area contributed by atoms with Gasteiger partial charge in [-0.2, -0.15) is 4.98 Å². The van der Waals surface area contributed by atoms with Gasteiger partial charge in [-0.3, -0.25) is 9.69 Å². The topological polar surface area (TPSA) is 89.7 Å². The molecule has 1 N–H and O–H groups in total. The number of likely N-dealkylation sites (tertiary alicyclic amines) is 1. The standard InChI is InChI=1S/C25H30N4O4/c1-4-17-8-5-6-10-20(17)26-25(30)19-9-7-13-29(15-19)16-23-27-24(28-33-23)18-11-12-21(31-2)22(14-18)32-3/h5-6,8,10-12,14,19H,4,7,9,13,15-16H2,1-3H3,(H,26,30)/t19-/m0/s1. The van der Waals surface area contributed by atoms with E-state index in [0.29, 0.717) is 36.3 Å². The van der Waals surface area contributed by atoms with Crippen LogP contribution < -0.4 is 14.8 Å². The molecule has 174 valence electrons. The SMILES string of the molecule is CCc1ccccc1NC(=O)[C@H]1CCCN(Cc2nc(-c3ccc(OC)c(OC)c3)no2)C1. The zero-order chi connectivity index (χ0) is 23.2. The van der Waals surface area contributed by atoms with Crippen LogP contribution in [0.25, 0.3) is 11.4 Å². The summed E-state index contributed by atoms with van der Waals surface area (Å²) in [7, 11) is 3.19. The number of hydrogen-bond acceptors (Lipinski definition) is 7. The maximum absolute atomic E-state index is 12.9. The molecular formula is C25H30N4O4. The van der Waals surface area contributed by atoms with Gasteiger partial charge in [0.25, 0.3) is 0 Å². The quantitative estimate of drug-likeness (QED) is 0.551. The molecule has 8 heteroatoms. The summed E-state index contributed by atoms with van der Waals surface area (Å²) in [4.78, 5) is 19.7. The van der Waals surface area contributed by atoms with Gasteiger partial charge in [0.1, 0.15) is 0 Å². The van der Waals surface area contributed by atoms with Crippen LogP contribution in [-0.4, -0.2) is 48.3 Å². The molecule has 1 amide bonds. The van der Waals surface area contributed by atoms with Gasteiger partial charge in [-0.15, -0.1) is 0 Å². The van der Waals surface area contributed by atoms with Gasteiger partial charge in [-0.05, 0) is 55.6 Å². The Morgan fingerprint density at radius 1 is 1.18 bits per heavy atom. The number of methoxy groups -OCH3 is 2. The molecule has 2 aromatic carbocycles. The Bertz CT molecular complexity index is 1100. The summed E-state index contributed by atoms with van der Waals surface area (Å²) < 4.78 is 16.1. The summed E-state index contributed by atoms with van der Waals surface area (Å²) in [5, 5.41) is 7.25. The molecule has 1 fully saturated rings. The van der Waals surface area contributed by atoms with E-state index in [1.807, 2.05) is 42.5 Å². The highest BCUT2D eigenvalue weighted by molar-refractivity contribution is 5.93. The summed E-state index contributed by atoms with van der Waals surface area (Å²) in [6.07, 6.45) is 2.70. The van der Waals surface area contributed by atoms with Crippen molar-refractivity contribution in [2.24, 2.45) is 5.92 Å². The summed E-state index contributed by atoms with van der Waals surface area (Å²) in [6.45, 7) is 4.15. The molecule has 1 aromatic heterocycles. The minimum atomic E-state index is -0.0723. The first-order valence-electron chi connectivity index (χ1n) is 11.3. The van der Waals surface area contributed by atoms with Crippen molar-refractivity contribution in [2.75, 3.05) is 32.6 Å². The van der Waals surface area contributed by atoms with Gasteiger partial charge >= 0.3 is 0 Å². The molecule has 0 saturated carbocycles. The Labute approximate surface area is 193 Å². The molecule has 2 heterocycles. The molecule has 33 heavy (non-hydrogen) atoms. The second-order valence-electron chi connectivity index (χ2n) is 8.16. The Morgan fingerprint density at radius 3 is 2.79 bits per heavy atom. The van der Waals surface area contributed by atoms with Crippen molar-refractivity contribution in [3.8, 4) is 22.9 Å². The minimum absolute atomic E-state index is 0.0668. The van der Waals surface area contributed by atoms with Gasteiger partial charge in [0, 0.05) is 17.8 Å². The average molecular weight is 451 g/mol. The predicted molar refractivity (Wildman–Crippen MR) is 125 cm³/mol. The van der Waals surface area contributed by atoms with Crippen LogP contribution in [0.4, 0.5) is 5.69 Å². The van der Waals surface area contributed by atoms with Crippen LogP contribution in [0.3, 0.4) is 0 Å². The van der Waals surface area contributed by atoms with Crippen molar-refractivity contribution in [1.29, 1.82) is 0 Å². The number of aromatic nitrogens is 2. The largest absolute Gasteiger partial charge is 0.493 e. The fraction of sp³-hybridized carbons (Fsp3) is 0.400. The Hall–Kier alpha value is -3.39. The Balaban J connectivity index is 1.39. The number of anilines is 1. The highest BCUT2D eigenvalue weighted by Gasteiger charge is 2.27. The number of para-hydroxylation sites is 1. The van der Waals surface area contributed by atoms with E-state index in [-0.39, 0.29) is 11.8 Å². The lowest BCUT2D eigenvalue weighted by molar-refractivity contribution is -0.121. The summed E-state index contributed by atoms with van der Waals surface area (Å²) in [6, 6.07) is 13.5. The van der Waals surface area contributed by atoms with Crippen LogP contribution in [0.15, 0.2) is 47.0 Å². The highest BCUT2D eigenvalue weighted by atomic mass is 16.5. The molecule has 1 aliphatic rings. The van der Waals surface area contributed by atoms with Crippen LogP contribution in [0.2, 0.25) is 0 Å². The molecule has 0 radical (unpaired) electrons. The summed E-state index contributed by atoms with van der Waals surface area (Å²) in [5.41, 5.74) is 2.83. The van der Waals surface area contributed by atoms with Crippen LogP contribution in [0.5, 0.6) is 11.5 Å². The average Bonchev–Trinajstić information content (AvgIpc) is 3.32. The number of ether oxygens (including phenoxy) is 2. The van der Waals surface area contributed by atoms with Crippen LogP contribution >= 0.6 is 0 Å². The number of amides is 1. The molecule has 0 bridgehead atoms. The second-order valence-corrected chi connectivity index (χ2v) is 8.16. The van der Waals surface area contributed by atoms with E-state index in [1.165, 1.54) is 0 Å². The van der Waals surface area contributed by atoms with Gasteiger partial charge in [-0.25, -0.2) is 0 Å². The van der Waals surface area contributed by atoms with Crippen molar-refractivity contribution in [1.82, 2.24) is 15.0 Å². The smallest absolute Gasteiger partial charge is 0.241 e. The fourth-order valence-corrected chi connectivity index (χ4v) is 4.20. The molecule has 0 spiro atoms. The number of benzene rings is 2. The molecule has 3 aromatic rings. The van der Waals surface area contributed by atoms with Crippen molar-refractivity contribution in [3.05, 3.63) is 53.9 Å². The fourth-order valence-electron chi connectivity index (χ4n) is 4.20. The van der Waals surface area contributed by atoms with Crippen molar-refractivity contribution < 1.29 is 18.8 Å². The first-order valence-corrected chi connectivity index (χ1v) is 11.3. The van der Waals surface area contributed by atoms with Gasteiger partial charge in [-0.1, -0.05) is 30.3 Å². The lowest BCUT2D eigenvalue weighted by Crippen LogP contribution is -2.40. The molecule has 8 nitrogen and oxygen atoms in total. The van der Waals surface area contributed by atoms with Crippen LogP contribution in [0.1, 0.15) is 31.2 Å². The number of nitrogens with zero attached hydrogens (tertiary/aromatic N) is 3. The third kappa shape index (κ3) is 5.34. The first kappa shape index (κ1) is 22.8. The number of aryl methyl sites for hydroxylation is 1. The Kier molecular flexibility index (Phi) is 7.24. The predicted octanol–water partition coefficient (Wildman–Crippen LogP) is 4.17. The van der Waals surface area contributed by atoms with E-state index in [4.69, 9.17) is 14.0 Å². The lowest BCUT2D eigenvalue weighted by Gasteiger charge is -2.31. The van der Waals surface area contributed by atoms with Gasteiger partial charge < -0.3 is 19.3 Å². The van der Waals surface area contributed by atoms with Gasteiger partial charge in [0.15, 0.2) is 11.5 Å². The van der Waals surface area contributed by atoms with E-state index >= 15 is 0 Å². The molecule has 0 unspecified atom stereocenters. The third-order valence-corrected chi connectivity index (χ3v) is 6.00. The maximum Gasteiger partial charge on any atom is 0.241 e. The highest BCUT2D eigenvalue weighted by Crippen LogP contribution is 2.31. The van der Waals surface area contributed by atoms with Gasteiger partial charge in [0.2, 0.25) is 17.6 Å². The summed E-state index contributed by atoms with van der Waals surface area (Å²) >= 11 is 0. The van der Waals surface area contributed by atoms with Crippen molar-refractivity contribution in [3.63, 3.8) is 0 Å². The molecular weight excluding hydrogens is 420 g/mol. The number of carbonyl (C=O) groups excluding carboxylic acids is 1. The summed E-state index contributed by atoms with van der Waals surface area (Å²) in [5.74, 6) is 2.26. The molecule has 4 rings (SSSR count). The maximum atomic E-state index is 12.9. The monoisotopic (exact) mass is 450 g/mol. The molecule has 1 atom stereocenters. The van der Waals surface area contributed by atoms with E-state index in [1.54, 1.807) is 14.2 Å². The molecule has 1 aliphatic heterocycles. The third-order valence-electron chi connectivity index (χ3n) is 6.00. The van der Waals surface area contributed by atoms with Crippen molar-refractivity contribution >= 4 is 11.6 Å². The molecule has 0 aliphatic carbocycles. The van der Waals surface area contributed by atoms with E-state index in [9.17, 15) is 4.79 Å². The zero-order valence-electron chi connectivity index (χ0n) is 19.3. The molecule has 1 saturated heterocycles. The van der Waals surface area contributed by atoms with Crippen molar-refractivity contribution in [2.45, 2.75) is 32.7 Å². The minimum Gasteiger partial charge on any atom is -0.493 e.